The van der Waals surface area contributed by atoms with Crippen molar-refractivity contribution < 1.29 is 9.18 Å². The average molecular weight is 239 g/mol. The van der Waals surface area contributed by atoms with Crippen LogP contribution in [0.4, 0.5) is 4.39 Å². The summed E-state index contributed by atoms with van der Waals surface area (Å²) in [4.78, 5) is 12.2. The van der Waals surface area contributed by atoms with Crippen molar-refractivity contribution in [1.29, 1.82) is 0 Å². The van der Waals surface area contributed by atoms with Crippen molar-refractivity contribution in [1.82, 2.24) is 5.32 Å². The first-order chi connectivity index (χ1) is 7.66. The van der Waals surface area contributed by atoms with E-state index in [4.69, 9.17) is 0 Å². The van der Waals surface area contributed by atoms with E-state index in [1.54, 1.807) is 25.1 Å². The highest BCUT2D eigenvalue weighted by atomic mass is 32.2. The fourth-order valence-corrected chi connectivity index (χ4v) is 2.22. The Morgan fingerprint density at radius 3 is 2.81 bits per heavy atom. The predicted octanol–water partition coefficient (Wildman–Crippen LogP) is 2.58. The van der Waals surface area contributed by atoms with E-state index in [9.17, 15) is 9.18 Å². The van der Waals surface area contributed by atoms with Crippen molar-refractivity contribution in [2.45, 2.75) is 36.0 Å². The van der Waals surface area contributed by atoms with E-state index in [1.807, 2.05) is 0 Å². The third-order valence-electron chi connectivity index (χ3n) is 2.43. The molecule has 0 radical (unpaired) electrons. The number of amides is 1. The fourth-order valence-electron chi connectivity index (χ4n) is 1.33. The Morgan fingerprint density at radius 2 is 2.19 bits per heavy atom. The lowest BCUT2D eigenvalue weighted by atomic mass is 10.3. The molecule has 0 aliphatic heterocycles. The fraction of sp³-hybridized carbons (Fsp3) is 0.417. The largest absolute Gasteiger partial charge is 0.352 e. The summed E-state index contributed by atoms with van der Waals surface area (Å²) in [7, 11) is 0. The molecule has 1 aromatic carbocycles. The van der Waals surface area contributed by atoms with E-state index in [0.29, 0.717) is 10.9 Å². The molecular formula is C12H14FNOS. The van der Waals surface area contributed by atoms with Crippen molar-refractivity contribution >= 4 is 17.7 Å². The normalized spacial score (nSPS) is 16.9. The van der Waals surface area contributed by atoms with Gasteiger partial charge in [0.15, 0.2) is 0 Å². The van der Waals surface area contributed by atoms with Crippen molar-refractivity contribution in [3.05, 3.63) is 30.1 Å². The smallest absolute Gasteiger partial charge is 0.233 e. The summed E-state index contributed by atoms with van der Waals surface area (Å²) in [5, 5.41) is 2.66. The molecule has 0 aromatic heterocycles. The van der Waals surface area contributed by atoms with Gasteiger partial charge in [0.25, 0.3) is 0 Å². The molecule has 0 saturated heterocycles. The second-order valence-corrected chi connectivity index (χ2v) is 5.36. The number of hydrogen-bond acceptors (Lipinski definition) is 2. The molecule has 1 atom stereocenters. The minimum absolute atomic E-state index is 0.00393. The molecule has 86 valence electrons. The van der Waals surface area contributed by atoms with Crippen LogP contribution in [0.15, 0.2) is 29.2 Å². The number of carbonyl (C=O) groups is 1. The molecule has 1 amide bonds. The van der Waals surface area contributed by atoms with Gasteiger partial charge in [0, 0.05) is 10.9 Å². The molecule has 0 bridgehead atoms. The minimum atomic E-state index is -0.265. The van der Waals surface area contributed by atoms with Gasteiger partial charge in [0.1, 0.15) is 5.82 Å². The Hall–Kier alpha value is -1.03. The standard InChI is InChI=1S/C12H14FNOS/c1-8(12(15)14-9-6-7-9)16-11-5-3-2-4-10(11)13/h2-5,8-9H,6-7H2,1H3,(H,14,15). The summed E-state index contributed by atoms with van der Waals surface area (Å²) >= 11 is 1.26. The number of nitrogens with one attached hydrogen (secondary N) is 1. The van der Waals surface area contributed by atoms with E-state index >= 15 is 0 Å². The molecule has 1 aromatic rings. The Kier molecular flexibility index (Phi) is 3.49. The number of rotatable bonds is 4. The minimum Gasteiger partial charge on any atom is -0.352 e. The molecule has 1 saturated carbocycles. The first-order valence-electron chi connectivity index (χ1n) is 5.38. The van der Waals surface area contributed by atoms with E-state index in [1.165, 1.54) is 17.8 Å². The lowest BCUT2D eigenvalue weighted by molar-refractivity contribution is -0.120. The van der Waals surface area contributed by atoms with Gasteiger partial charge in [0.05, 0.1) is 5.25 Å². The highest BCUT2D eigenvalue weighted by Gasteiger charge is 2.26. The number of thioether (sulfide) groups is 1. The number of benzene rings is 1. The van der Waals surface area contributed by atoms with Gasteiger partial charge in [-0.3, -0.25) is 4.79 Å². The van der Waals surface area contributed by atoms with Gasteiger partial charge in [0.2, 0.25) is 5.91 Å². The van der Waals surface area contributed by atoms with Gasteiger partial charge in [-0.05, 0) is 31.9 Å². The second-order valence-electron chi connectivity index (χ2n) is 3.97. The van der Waals surface area contributed by atoms with Crippen molar-refractivity contribution in [3.63, 3.8) is 0 Å². The monoisotopic (exact) mass is 239 g/mol. The quantitative estimate of drug-likeness (QED) is 0.818. The number of halogens is 1. The molecule has 1 fully saturated rings. The molecule has 2 rings (SSSR count). The van der Waals surface area contributed by atoms with E-state index in [2.05, 4.69) is 5.32 Å². The van der Waals surface area contributed by atoms with Crippen LogP contribution in [0.2, 0.25) is 0 Å². The van der Waals surface area contributed by atoms with Crippen molar-refractivity contribution in [3.8, 4) is 0 Å². The van der Waals surface area contributed by atoms with Crippen LogP contribution in [0.25, 0.3) is 0 Å². The van der Waals surface area contributed by atoms with Crippen LogP contribution in [0.1, 0.15) is 19.8 Å². The van der Waals surface area contributed by atoms with Crippen LogP contribution in [0.5, 0.6) is 0 Å². The summed E-state index contributed by atoms with van der Waals surface area (Å²) in [5.41, 5.74) is 0. The lowest BCUT2D eigenvalue weighted by Crippen LogP contribution is -2.32. The summed E-state index contributed by atoms with van der Waals surface area (Å²) in [6, 6.07) is 6.89. The van der Waals surface area contributed by atoms with Gasteiger partial charge in [-0.25, -0.2) is 4.39 Å². The third kappa shape index (κ3) is 2.98. The average Bonchev–Trinajstić information content (AvgIpc) is 3.05. The van der Waals surface area contributed by atoms with Gasteiger partial charge in [-0.1, -0.05) is 12.1 Å². The van der Waals surface area contributed by atoms with Crippen LogP contribution in [0.3, 0.4) is 0 Å². The van der Waals surface area contributed by atoms with Crippen LogP contribution in [-0.4, -0.2) is 17.2 Å². The summed E-state index contributed by atoms with van der Waals surface area (Å²) in [5.74, 6) is -0.269. The molecule has 0 heterocycles. The Labute approximate surface area is 98.6 Å². The lowest BCUT2D eigenvalue weighted by Gasteiger charge is -2.11. The van der Waals surface area contributed by atoms with Crippen LogP contribution in [0, 0.1) is 5.82 Å². The summed E-state index contributed by atoms with van der Waals surface area (Å²) < 4.78 is 13.3. The zero-order chi connectivity index (χ0) is 11.5. The molecular weight excluding hydrogens is 225 g/mol. The first kappa shape index (κ1) is 11.5. The molecule has 1 aliphatic carbocycles. The number of hydrogen-bond donors (Lipinski definition) is 1. The highest BCUT2D eigenvalue weighted by Crippen LogP contribution is 2.27. The molecule has 4 heteroatoms. The van der Waals surface area contributed by atoms with E-state index < -0.39 is 0 Å². The highest BCUT2D eigenvalue weighted by molar-refractivity contribution is 8.00. The Bertz CT molecular complexity index is 392. The zero-order valence-corrected chi connectivity index (χ0v) is 9.89. The molecule has 0 spiro atoms. The van der Waals surface area contributed by atoms with Gasteiger partial charge >= 0.3 is 0 Å². The summed E-state index contributed by atoms with van der Waals surface area (Å²) in [6.45, 7) is 1.80. The summed E-state index contributed by atoms with van der Waals surface area (Å²) in [6.07, 6.45) is 2.14. The van der Waals surface area contributed by atoms with Crippen LogP contribution >= 0.6 is 11.8 Å². The predicted molar refractivity (Wildman–Crippen MR) is 62.9 cm³/mol. The van der Waals surface area contributed by atoms with Crippen LogP contribution in [-0.2, 0) is 4.79 Å². The maximum atomic E-state index is 13.3. The molecule has 1 aliphatic rings. The maximum absolute atomic E-state index is 13.3. The number of carbonyl (C=O) groups excluding carboxylic acids is 1. The Balaban J connectivity index is 1.92. The molecule has 16 heavy (non-hydrogen) atoms. The van der Waals surface area contributed by atoms with E-state index in [-0.39, 0.29) is 17.0 Å². The van der Waals surface area contributed by atoms with E-state index in [0.717, 1.165) is 12.8 Å². The topological polar surface area (TPSA) is 29.1 Å². The zero-order valence-electron chi connectivity index (χ0n) is 9.07. The van der Waals surface area contributed by atoms with Gasteiger partial charge in [-0.15, -0.1) is 11.8 Å². The van der Waals surface area contributed by atoms with Gasteiger partial charge in [-0.2, -0.15) is 0 Å². The van der Waals surface area contributed by atoms with Gasteiger partial charge < -0.3 is 5.32 Å². The maximum Gasteiger partial charge on any atom is 0.233 e. The SMILES string of the molecule is CC(Sc1ccccc1F)C(=O)NC1CC1. The van der Waals surface area contributed by atoms with Crippen molar-refractivity contribution in [2.75, 3.05) is 0 Å². The molecule has 1 N–H and O–H groups in total. The first-order valence-corrected chi connectivity index (χ1v) is 6.26. The third-order valence-corrected chi connectivity index (χ3v) is 3.59. The Morgan fingerprint density at radius 1 is 1.50 bits per heavy atom. The van der Waals surface area contributed by atoms with Crippen molar-refractivity contribution in [2.24, 2.45) is 0 Å². The molecule has 1 unspecified atom stereocenters. The van der Waals surface area contributed by atoms with Crippen LogP contribution < -0.4 is 5.32 Å². The molecule has 2 nitrogen and oxygen atoms in total. The second kappa shape index (κ2) is 4.87.